The van der Waals surface area contributed by atoms with Gasteiger partial charge < -0.3 is 5.11 Å². The highest BCUT2D eigenvalue weighted by atomic mass is 16.3. The number of nitroso groups, excluding NO2 is 1. The number of ketones is 1. The van der Waals surface area contributed by atoms with Crippen LogP contribution in [0.25, 0.3) is 5.57 Å². The van der Waals surface area contributed by atoms with Crippen LogP contribution in [-0.4, -0.2) is 23.5 Å². The minimum absolute atomic E-state index is 0.0166. The summed E-state index contributed by atoms with van der Waals surface area (Å²) >= 11 is 0. The molecule has 0 saturated heterocycles. The van der Waals surface area contributed by atoms with Crippen molar-refractivity contribution in [3.8, 4) is 0 Å². The molecule has 0 fully saturated rings. The van der Waals surface area contributed by atoms with Crippen molar-refractivity contribution in [3.05, 3.63) is 46.4 Å². The first-order valence-corrected chi connectivity index (χ1v) is 6.52. The molecule has 1 aromatic carbocycles. The molecule has 0 heterocycles. The number of aliphatic hydroxyl groups is 1. The van der Waals surface area contributed by atoms with E-state index < -0.39 is 6.04 Å². The van der Waals surface area contributed by atoms with Crippen molar-refractivity contribution in [2.75, 3.05) is 6.61 Å². The molecule has 0 amide bonds. The van der Waals surface area contributed by atoms with Gasteiger partial charge in [-0.1, -0.05) is 29.4 Å². The van der Waals surface area contributed by atoms with Gasteiger partial charge >= 0.3 is 0 Å². The van der Waals surface area contributed by atoms with Crippen molar-refractivity contribution < 1.29 is 9.90 Å². The summed E-state index contributed by atoms with van der Waals surface area (Å²) in [5.74, 6) is -0.0166. The number of benzene rings is 1. The SMILES string of the molecule is O=NC1C=C(c2cccc(CCCCO)c2)C(=O)C1. The Hall–Kier alpha value is -1.81. The van der Waals surface area contributed by atoms with Crippen LogP contribution in [0, 0.1) is 4.91 Å². The molecule has 100 valence electrons. The number of allylic oxidation sites excluding steroid dienone is 1. The third-order valence-corrected chi connectivity index (χ3v) is 3.30. The third kappa shape index (κ3) is 3.35. The lowest BCUT2D eigenvalue weighted by Crippen LogP contribution is -1.99. The largest absolute Gasteiger partial charge is 0.396 e. The highest BCUT2D eigenvalue weighted by molar-refractivity contribution is 6.23. The van der Waals surface area contributed by atoms with E-state index in [1.807, 2.05) is 24.3 Å². The van der Waals surface area contributed by atoms with Crippen LogP contribution in [-0.2, 0) is 11.2 Å². The number of Topliss-reactive ketones (excluding diaryl/α,β-unsaturated/α-hetero) is 1. The van der Waals surface area contributed by atoms with E-state index in [0.717, 1.165) is 30.4 Å². The molecule has 0 bridgehead atoms. The van der Waals surface area contributed by atoms with Gasteiger partial charge in [-0.15, -0.1) is 0 Å². The van der Waals surface area contributed by atoms with Crippen LogP contribution in [0.2, 0.25) is 0 Å². The fourth-order valence-corrected chi connectivity index (χ4v) is 2.30. The Morgan fingerprint density at radius 1 is 1.32 bits per heavy atom. The van der Waals surface area contributed by atoms with Gasteiger partial charge in [0.25, 0.3) is 0 Å². The lowest BCUT2D eigenvalue weighted by Gasteiger charge is -2.05. The quantitative estimate of drug-likeness (QED) is 0.630. The number of carbonyl (C=O) groups is 1. The summed E-state index contributed by atoms with van der Waals surface area (Å²) in [4.78, 5) is 22.3. The lowest BCUT2D eigenvalue weighted by molar-refractivity contribution is -0.113. The van der Waals surface area contributed by atoms with Crippen LogP contribution < -0.4 is 0 Å². The minimum Gasteiger partial charge on any atom is -0.396 e. The first-order chi connectivity index (χ1) is 9.24. The average Bonchev–Trinajstić information content (AvgIpc) is 2.81. The molecular weight excluding hydrogens is 242 g/mol. The lowest BCUT2D eigenvalue weighted by atomic mass is 9.99. The second-order valence-corrected chi connectivity index (χ2v) is 4.76. The summed E-state index contributed by atoms with van der Waals surface area (Å²) in [6, 6.07) is 7.27. The Morgan fingerprint density at radius 2 is 2.16 bits per heavy atom. The summed E-state index contributed by atoms with van der Waals surface area (Å²) in [7, 11) is 0. The van der Waals surface area contributed by atoms with Crippen LogP contribution in [0.15, 0.2) is 35.5 Å². The van der Waals surface area contributed by atoms with E-state index in [-0.39, 0.29) is 18.8 Å². The van der Waals surface area contributed by atoms with Crippen LogP contribution in [0.5, 0.6) is 0 Å². The number of aliphatic hydroxyl groups excluding tert-OH is 1. The Labute approximate surface area is 112 Å². The summed E-state index contributed by atoms with van der Waals surface area (Å²) in [6.07, 6.45) is 4.43. The number of carbonyl (C=O) groups excluding carboxylic acids is 1. The number of hydrogen-bond donors (Lipinski definition) is 1. The molecular formula is C15H17NO3. The summed E-state index contributed by atoms with van der Waals surface area (Å²) in [5, 5.41) is 11.7. The maximum atomic E-state index is 11.8. The first kappa shape index (κ1) is 13.6. The van der Waals surface area contributed by atoms with E-state index in [1.54, 1.807) is 6.08 Å². The Bertz CT molecular complexity index is 508. The van der Waals surface area contributed by atoms with Crippen molar-refractivity contribution in [2.24, 2.45) is 5.18 Å². The number of hydrogen-bond acceptors (Lipinski definition) is 4. The smallest absolute Gasteiger partial charge is 0.165 e. The minimum atomic E-state index is -0.513. The second-order valence-electron chi connectivity index (χ2n) is 4.76. The van der Waals surface area contributed by atoms with E-state index in [0.29, 0.717) is 5.57 Å². The number of nitrogens with zero attached hydrogens (tertiary/aromatic N) is 1. The molecule has 4 nitrogen and oxygen atoms in total. The maximum Gasteiger partial charge on any atom is 0.165 e. The van der Waals surface area contributed by atoms with Gasteiger partial charge in [0, 0.05) is 18.6 Å². The topological polar surface area (TPSA) is 66.7 Å². The molecule has 1 aromatic rings. The Balaban J connectivity index is 2.14. The first-order valence-electron chi connectivity index (χ1n) is 6.52. The van der Waals surface area contributed by atoms with Gasteiger partial charge in [0.1, 0.15) is 6.04 Å². The molecule has 1 aliphatic carbocycles. The molecule has 0 radical (unpaired) electrons. The number of aryl methyl sites for hydroxylation is 1. The van der Waals surface area contributed by atoms with Crippen LogP contribution >= 0.6 is 0 Å². The van der Waals surface area contributed by atoms with Crippen molar-refractivity contribution >= 4 is 11.4 Å². The van der Waals surface area contributed by atoms with Gasteiger partial charge in [0.15, 0.2) is 5.78 Å². The summed E-state index contributed by atoms with van der Waals surface area (Å²) in [5.41, 5.74) is 2.61. The zero-order valence-corrected chi connectivity index (χ0v) is 10.7. The zero-order chi connectivity index (χ0) is 13.7. The van der Waals surface area contributed by atoms with Gasteiger partial charge in [0.05, 0.1) is 0 Å². The maximum absolute atomic E-state index is 11.8. The molecule has 1 unspecified atom stereocenters. The predicted octanol–water partition coefficient (Wildman–Crippen LogP) is 2.49. The van der Waals surface area contributed by atoms with Crippen LogP contribution in [0.4, 0.5) is 0 Å². The summed E-state index contributed by atoms with van der Waals surface area (Å²) < 4.78 is 0. The fraction of sp³-hybridized carbons (Fsp3) is 0.400. The average molecular weight is 259 g/mol. The van der Waals surface area contributed by atoms with Gasteiger partial charge in [-0.05, 0) is 36.5 Å². The molecule has 0 aromatic heterocycles. The highest BCUT2D eigenvalue weighted by Gasteiger charge is 2.25. The Morgan fingerprint density at radius 3 is 2.84 bits per heavy atom. The van der Waals surface area contributed by atoms with Crippen molar-refractivity contribution in [2.45, 2.75) is 31.7 Å². The van der Waals surface area contributed by atoms with Crippen molar-refractivity contribution in [3.63, 3.8) is 0 Å². The molecule has 0 spiro atoms. The van der Waals surface area contributed by atoms with Gasteiger partial charge in [-0.25, -0.2) is 0 Å². The number of rotatable bonds is 6. The standard InChI is InChI=1S/C15H17NO3/c17-7-2-1-4-11-5-3-6-12(8-11)14-9-13(16-19)10-15(14)18/h3,5-6,8-9,13,17H,1-2,4,7,10H2. The molecule has 1 N–H and O–H groups in total. The monoisotopic (exact) mass is 259 g/mol. The number of unbranched alkanes of at least 4 members (excludes halogenated alkanes) is 1. The second kappa shape index (κ2) is 6.38. The molecule has 19 heavy (non-hydrogen) atoms. The zero-order valence-electron chi connectivity index (χ0n) is 10.7. The molecule has 2 rings (SSSR count). The molecule has 0 saturated carbocycles. The molecule has 4 heteroatoms. The van der Waals surface area contributed by atoms with Gasteiger partial charge in [0.2, 0.25) is 0 Å². The van der Waals surface area contributed by atoms with Crippen LogP contribution in [0.1, 0.15) is 30.4 Å². The van der Waals surface area contributed by atoms with Crippen LogP contribution in [0.3, 0.4) is 0 Å². The molecule has 0 aliphatic heterocycles. The van der Waals surface area contributed by atoms with Gasteiger partial charge in [-0.2, -0.15) is 4.91 Å². The Kier molecular flexibility index (Phi) is 4.58. The third-order valence-electron chi connectivity index (χ3n) is 3.30. The van der Waals surface area contributed by atoms with Crippen molar-refractivity contribution in [1.82, 2.24) is 0 Å². The van der Waals surface area contributed by atoms with E-state index in [1.165, 1.54) is 0 Å². The molecule has 1 aliphatic rings. The van der Waals surface area contributed by atoms with E-state index in [9.17, 15) is 9.70 Å². The van der Waals surface area contributed by atoms with Crippen molar-refractivity contribution in [1.29, 1.82) is 0 Å². The van der Waals surface area contributed by atoms with E-state index in [2.05, 4.69) is 5.18 Å². The van der Waals surface area contributed by atoms with E-state index in [4.69, 9.17) is 5.11 Å². The summed E-state index contributed by atoms with van der Waals surface area (Å²) in [6.45, 7) is 0.204. The molecule has 1 atom stereocenters. The fourth-order valence-electron chi connectivity index (χ4n) is 2.30. The predicted molar refractivity (Wildman–Crippen MR) is 73.6 cm³/mol. The highest BCUT2D eigenvalue weighted by Crippen LogP contribution is 2.27. The normalized spacial score (nSPS) is 18.5. The van der Waals surface area contributed by atoms with E-state index >= 15 is 0 Å². The van der Waals surface area contributed by atoms with Gasteiger partial charge in [-0.3, -0.25) is 4.79 Å².